The van der Waals surface area contributed by atoms with Crippen LogP contribution in [0.1, 0.15) is 20.8 Å². The molecule has 0 saturated heterocycles. The zero-order chi connectivity index (χ0) is 13.9. The fourth-order valence-electron chi connectivity index (χ4n) is 1.30. The average Bonchev–Trinajstić information content (AvgIpc) is 2.28. The third-order valence-corrected chi connectivity index (χ3v) is 4.83. The number of nitrogens with one attached hydrogen (secondary N) is 1. The number of benzene rings is 1. The van der Waals surface area contributed by atoms with Gasteiger partial charge in [0.2, 0.25) is 10.0 Å². The van der Waals surface area contributed by atoms with Crippen LogP contribution >= 0.6 is 15.9 Å². The van der Waals surface area contributed by atoms with Crippen LogP contribution in [0.3, 0.4) is 0 Å². The van der Waals surface area contributed by atoms with Crippen molar-refractivity contribution in [1.82, 2.24) is 4.72 Å². The number of halogens is 1. The second-order valence-electron chi connectivity index (χ2n) is 4.45. The highest BCUT2D eigenvalue weighted by atomic mass is 79.9. The van der Waals surface area contributed by atoms with Gasteiger partial charge >= 0.3 is 0 Å². The third kappa shape index (κ3) is 3.70. The van der Waals surface area contributed by atoms with Crippen LogP contribution in [0.5, 0.6) is 5.75 Å². The smallest absolute Gasteiger partial charge is 0.244 e. The lowest BCUT2D eigenvalue weighted by Crippen LogP contribution is -2.36. The lowest BCUT2D eigenvalue weighted by molar-refractivity contribution is 0.401. The van der Waals surface area contributed by atoms with Crippen molar-refractivity contribution in [3.63, 3.8) is 0 Å². The second kappa shape index (κ2) is 6.04. The van der Waals surface area contributed by atoms with Gasteiger partial charge in [0.05, 0.1) is 7.11 Å². The van der Waals surface area contributed by atoms with Crippen LogP contribution in [0, 0.1) is 5.92 Å². The van der Waals surface area contributed by atoms with Crippen LogP contribution in [0.4, 0.5) is 0 Å². The number of hydrogen-bond donors (Lipinski definition) is 1. The maximum Gasteiger partial charge on any atom is 0.244 e. The van der Waals surface area contributed by atoms with E-state index in [0.29, 0.717) is 10.2 Å². The van der Waals surface area contributed by atoms with Crippen molar-refractivity contribution in [2.45, 2.75) is 31.7 Å². The van der Waals surface area contributed by atoms with E-state index >= 15 is 0 Å². The first-order valence-electron chi connectivity index (χ1n) is 5.64. The molecule has 1 aromatic carbocycles. The molecule has 4 nitrogen and oxygen atoms in total. The summed E-state index contributed by atoms with van der Waals surface area (Å²) >= 11 is 3.27. The highest BCUT2D eigenvalue weighted by Crippen LogP contribution is 2.27. The summed E-state index contributed by atoms with van der Waals surface area (Å²) < 4.78 is 33.0. The van der Waals surface area contributed by atoms with Gasteiger partial charge in [-0.1, -0.05) is 29.8 Å². The molecule has 0 bridgehead atoms. The van der Waals surface area contributed by atoms with Crippen LogP contribution in [0.15, 0.2) is 27.6 Å². The predicted octanol–water partition coefficient (Wildman–Crippen LogP) is 2.78. The van der Waals surface area contributed by atoms with Gasteiger partial charge in [0.1, 0.15) is 10.6 Å². The van der Waals surface area contributed by atoms with Crippen LogP contribution in [0.2, 0.25) is 0 Å². The number of hydrogen-bond acceptors (Lipinski definition) is 3. The SMILES string of the molecule is COc1ccc(Br)cc1S(=O)(=O)N[C@@H](C)C(C)C. The summed E-state index contributed by atoms with van der Waals surface area (Å²) in [6, 6.07) is 4.76. The molecule has 0 radical (unpaired) electrons. The lowest BCUT2D eigenvalue weighted by atomic mass is 10.1. The Morgan fingerprint density at radius 2 is 1.89 bits per heavy atom. The molecule has 0 spiro atoms. The molecule has 1 rings (SSSR count). The van der Waals surface area contributed by atoms with Gasteiger partial charge in [0.15, 0.2) is 0 Å². The van der Waals surface area contributed by atoms with Crippen LogP contribution in [-0.4, -0.2) is 21.6 Å². The quantitative estimate of drug-likeness (QED) is 0.900. The molecular weight excluding hydrogens is 318 g/mol. The normalized spacial score (nSPS) is 13.7. The molecule has 6 heteroatoms. The summed E-state index contributed by atoms with van der Waals surface area (Å²) in [6.07, 6.45) is 0. The van der Waals surface area contributed by atoms with E-state index in [0.717, 1.165) is 0 Å². The molecule has 0 aromatic heterocycles. The molecule has 0 saturated carbocycles. The van der Waals surface area contributed by atoms with Gasteiger partial charge in [0, 0.05) is 10.5 Å². The standard InChI is InChI=1S/C12H18BrNO3S/c1-8(2)9(3)14-18(15,16)12-7-10(13)5-6-11(12)17-4/h5-9,14H,1-4H3/t9-/m0/s1. The van der Waals surface area contributed by atoms with E-state index in [1.54, 1.807) is 12.1 Å². The minimum absolute atomic E-state index is 0.140. The Kier molecular flexibility index (Phi) is 5.19. The van der Waals surface area contributed by atoms with E-state index in [-0.39, 0.29) is 16.9 Å². The van der Waals surface area contributed by atoms with Crippen LogP contribution in [0.25, 0.3) is 0 Å². The Hall–Kier alpha value is -0.590. The molecule has 0 aliphatic rings. The highest BCUT2D eigenvalue weighted by molar-refractivity contribution is 9.10. The summed E-state index contributed by atoms with van der Waals surface area (Å²) in [5.74, 6) is 0.555. The molecule has 1 aromatic rings. The van der Waals surface area contributed by atoms with E-state index in [2.05, 4.69) is 20.7 Å². The minimum atomic E-state index is -3.57. The van der Waals surface area contributed by atoms with Crippen LogP contribution in [-0.2, 0) is 10.0 Å². The Bertz CT molecular complexity index is 514. The number of ether oxygens (including phenoxy) is 1. The Labute approximate surface area is 117 Å². The Balaban J connectivity index is 3.15. The zero-order valence-corrected chi connectivity index (χ0v) is 13.3. The van der Waals surface area contributed by atoms with Crippen molar-refractivity contribution in [1.29, 1.82) is 0 Å². The molecular formula is C12H18BrNO3S. The third-order valence-electron chi connectivity index (χ3n) is 2.76. The molecule has 0 aliphatic heterocycles. The summed E-state index contributed by atoms with van der Waals surface area (Å²) in [5.41, 5.74) is 0. The summed E-state index contributed by atoms with van der Waals surface area (Å²) in [5, 5.41) is 0. The minimum Gasteiger partial charge on any atom is -0.495 e. The number of methoxy groups -OCH3 is 1. The maximum atomic E-state index is 12.3. The largest absolute Gasteiger partial charge is 0.495 e. The van der Waals surface area contributed by atoms with Gasteiger partial charge in [0.25, 0.3) is 0 Å². The Morgan fingerprint density at radius 1 is 1.28 bits per heavy atom. The van der Waals surface area contributed by atoms with E-state index in [1.165, 1.54) is 13.2 Å². The summed E-state index contributed by atoms with van der Waals surface area (Å²) in [6.45, 7) is 5.77. The Morgan fingerprint density at radius 3 is 2.39 bits per heavy atom. The summed E-state index contributed by atoms with van der Waals surface area (Å²) in [4.78, 5) is 0.145. The molecule has 1 N–H and O–H groups in total. The first-order valence-corrected chi connectivity index (χ1v) is 7.91. The van der Waals surface area contributed by atoms with Gasteiger partial charge < -0.3 is 4.74 Å². The zero-order valence-electron chi connectivity index (χ0n) is 10.9. The number of sulfonamides is 1. The molecule has 0 amide bonds. The van der Waals surface area contributed by atoms with Crippen molar-refractivity contribution < 1.29 is 13.2 Å². The molecule has 0 unspecified atom stereocenters. The molecule has 18 heavy (non-hydrogen) atoms. The molecule has 1 atom stereocenters. The first-order chi connectivity index (χ1) is 8.27. The van der Waals surface area contributed by atoms with Gasteiger partial charge in [-0.25, -0.2) is 13.1 Å². The van der Waals surface area contributed by atoms with E-state index < -0.39 is 10.0 Å². The van der Waals surface area contributed by atoms with Crippen LogP contribution < -0.4 is 9.46 Å². The fraction of sp³-hybridized carbons (Fsp3) is 0.500. The van der Waals surface area contributed by atoms with Crippen molar-refractivity contribution in [2.75, 3.05) is 7.11 Å². The highest BCUT2D eigenvalue weighted by Gasteiger charge is 2.23. The van der Waals surface area contributed by atoms with Crippen molar-refractivity contribution in [3.05, 3.63) is 22.7 Å². The van der Waals surface area contributed by atoms with Gasteiger partial charge in [-0.05, 0) is 31.0 Å². The number of rotatable bonds is 5. The average molecular weight is 336 g/mol. The first kappa shape index (κ1) is 15.5. The van der Waals surface area contributed by atoms with Crippen molar-refractivity contribution in [2.24, 2.45) is 5.92 Å². The van der Waals surface area contributed by atoms with Gasteiger partial charge in [-0.3, -0.25) is 0 Å². The van der Waals surface area contributed by atoms with E-state index in [9.17, 15) is 8.42 Å². The monoisotopic (exact) mass is 335 g/mol. The second-order valence-corrected chi connectivity index (χ2v) is 7.05. The maximum absolute atomic E-state index is 12.3. The molecule has 0 heterocycles. The topological polar surface area (TPSA) is 55.4 Å². The van der Waals surface area contributed by atoms with E-state index in [4.69, 9.17) is 4.74 Å². The molecule has 0 fully saturated rings. The lowest BCUT2D eigenvalue weighted by Gasteiger charge is -2.18. The van der Waals surface area contributed by atoms with Gasteiger partial charge in [-0.15, -0.1) is 0 Å². The van der Waals surface area contributed by atoms with Gasteiger partial charge in [-0.2, -0.15) is 0 Å². The van der Waals surface area contributed by atoms with Crippen molar-refractivity contribution >= 4 is 26.0 Å². The predicted molar refractivity (Wildman–Crippen MR) is 75.3 cm³/mol. The summed E-state index contributed by atoms with van der Waals surface area (Å²) in [7, 11) is -2.12. The fourth-order valence-corrected chi connectivity index (χ4v) is 3.40. The van der Waals surface area contributed by atoms with Crippen molar-refractivity contribution in [3.8, 4) is 5.75 Å². The van der Waals surface area contributed by atoms with E-state index in [1.807, 2.05) is 20.8 Å². The molecule has 102 valence electrons. The molecule has 0 aliphatic carbocycles.